The van der Waals surface area contributed by atoms with Gasteiger partial charge in [0.1, 0.15) is 24.4 Å². The van der Waals surface area contributed by atoms with Crippen LogP contribution in [0.5, 0.6) is 0 Å². The lowest BCUT2D eigenvalue weighted by Gasteiger charge is -2.42. The molecule has 0 aliphatic carbocycles. The Bertz CT molecular complexity index is 462. The number of hydrogen-bond acceptors (Lipinski definition) is 9. The standard InChI is InChI=1S/C14H26N4O8/c1-9(20)17-11-13(22)12(21)10(8-19)26-14(11)25-7-6-24-5-4-23-3-2-16-18-15/h10-14,19,21-22H,2-8H2,1H3,(H,17,20)/t10-,11-,12-,13-,14-/m1/s1. The normalized spacial score (nSPS) is 28.4. The van der Waals surface area contributed by atoms with E-state index in [0.717, 1.165) is 0 Å². The molecule has 0 radical (unpaired) electrons. The number of amides is 1. The summed E-state index contributed by atoms with van der Waals surface area (Å²) < 4.78 is 21.3. The Kier molecular flexibility index (Phi) is 11.1. The third kappa shape index (κ3) is 7.81. The summed E-state index contributed by atoms with van der Waals surface area (Å²) in [6.45, 7) is 2.25. The highest BCUT2D eigenvalue weighted by Crippen LogP contribution is 2.22. The van der Waals surface area contributed by atoms with Crippen LogP contribution in [0.2, 0.25) is 0 Å². The van der Waals surface area contributed by atoms with Crippen molar-refractivity contribution in [2.45, 2.75) is 37.6 Å². The van der Waals surface area contributed by atoms with Gasteiger partial charge in [-0.25, -0.2) is 0 Å². The second-order valence-electron chi connectivity index (χ2n) is 5.48. The summed E-state index contributed by atoms with van der Waals surface area (Å²) in [5.41, 5.74) is 8.09. The van der Waals surface area contributed by atoms with Crippen LogP contribution in [-0.4, -0.2) is 98.1 Å². The lowest BCUT2D eigenvalue weighted by molar-refractivity contribution is -0.272. The van der Waals surface area contributed by atoms with E-state index in [9.17, 15) is 20.1 Å². The minimum absolute atomic E-state index is 0.0977. The van der Waals surface area contributed by atoms with Crippen LogP contribution in [0.25, 0.3) is 10.4 Å². The van der Waals surface area contributed by atoms with Gasteiger partial charge in [-0.1, -0.05) is 5.11 Å². The molecule has 1 saturated heterocycles. The lowest BCUT2D eigenvalue weighted by Crippen LogP contribution is -2.64. The van der Waals surface area contributed by atoms with Gasteiger partial charge in [-0.15, -0.1) is 0 Å². The minimum Gasteiger partial charge on any atom is -0.394 e. The molecule has 0 aromatic rings. The van der Waals surface area contributed by atoms with E-state index in [2.05, 4.69) is 15.3 Å². The molecule has 1 rings (SSSR count). The maximum absolute atomic E-state index is 11.3. The van der Waals surface area contributed by atoms with Gasteiger partial charge in [0.2, 0.25) is 5.91 Å². The number of rotatable bonds is 12. The smallest absolute Gasteiger partial charge is 0.217 e. The van der Waals surface area contributed by atoms with Gasteiger partial charge in [-0.3, -0.25) is 4.79 Å². The highest BCUT2D eigenvalue weighted by atomic mass is 16.7. The summed E-state index contributed by atoms with van der Waals surface area (Å²) in [6, 6.07) is -0.977. The average molecular weight is 378 g/mol. The number of carbonyl (C=O) groups excluding carboxylic acids is 1. The molecule has 0 spiro atoms. The van der Waals surface area contributed by atoms with Crippen molar-refractivity contribution in [2.24, 2.45) is 5.11 Å². The van der Waals surface area contributed by atoms with E-state index in [0.29, 0.717) is 19.8 Å². The van der Waals surface area contributed by atoms with Crippen molar-refractivity contribution in [2.75, 3.05) is 46.2 Å². The molecule has 150 valence electrons. The van der Waals surface area contributed by atoms with Crippen LogP contribution in [0.1, 0.15) is 6.92 Å². The molecule has 1 amide bonds. The predicted molar refractivity (Wildman–Crippen MR) is 87.0 cm³/mol. The topological polar surface area (TPSA) is 175 Å². The zero-order valence-electron chi connectivity index (χ0n) is 14.6. The number of ether oxygens (including phenoxy) is 4. The lowest BCUT2D eigenvalue weighted by atomic mass is 9.97. The molecule has 12 heteroatoms. The van der Waals surface area contributed by atoms with Crippen LogP contribution in [0.3, 0.4) is 0 Å². The Morgan fingerprint density at radius 2 is 1.85 bits per heavy atom. The van der Waals surface area contributed by atoms with E-state index in [1.54, 1.807) is 0 Å². The first-order chi connectivity index (χ1) is 12.5. The number of aliphatic hydroxyl groups is 3. The maximum Gasteiger partial charge on any atom is 0.217 e. The molecule has 1 aliphatic heterocycles. The van der Waals surface area contributed by atoms with Crippen molar-refractivity contribution >= 4 is 5.91 Å². The van der Waals surface area contributed by atoms with Gasteiger partial charge in [0, 0.05) is 18.4 Å². The number of nitrogens with zero attached hydrogens (tertiary/aromatic N) is 3. The number of carbonyl (C=O) groups is 1. The summed E-state index contributed by atoms with van der Waals surface area (Å²) in [5.74, 6) is -0.421. The van der Waals surface area contributed by atoms with Gasteiger partial charge in [-0.2, -0.15) is 0 Å². The largest absolute Gasteiger partial charge is 0.394 e. The third-order valence-corrected chi connectivity index (χ3v) is 3.53. The van der Waals surface area contributed by atoms with Crippen LogP contribution < -0.4 is 5.32 Å². The number of hydrogen-bond donors (Lipinski definition) is 4. The number of azide groups is 1. The second-order valence-corrected chi connectivity index (χ2v) is 5.48. The fraction of sp³-hybridized carbons (Fsp3) is 0.929. The molecule has 1 fully saturated rings. The maximum atomic E-state index is 11.3. The zero-order valence-corrected chi connectivity index (χ0v) is 14.6. The molecular formula is C14H26N4O8. The van der Waals surface area contributed by atoms with E-state index in [4.69, 9.17) is 24.5 Å². The molecule has 26 heavy (non-hydrogen) atoms. The van der Waals surface area contributed by atoms with Crippen LogP contribution >= 0.6 is 0 Å². The van der Waals surface area contributed by atoms with E-state index in [1.165, 1.54) is 6.92 Å². The van der Waals surface area contributed by atoms with E-state index >= 15 is 0 Å². The Hall–Kier alpha value is -1.50. The molecule has 0 saturated carbocycles. The monoisotopic (exact) mass is 378 g/mol. The summed E-state index contributed by atoms with van der Waals surface area (Å²) >= 11 is 0. The molecule has 0 aromatic carbocycles. The molecule has 1 aliphatic rings. The zero-order chi connectivity index (χ0) is 19.4. The second kappa shape index (κ2) is 12.8. The third-order valence-electron chi connectivity index (χ3n) is 3.53. The van der Waals surface area contributed by atoms with Crippen molar-refractivity contribution in [1.82, 2.24) is 5.32 Å². The van der Waals surface area contributed by atoms with Crippen molar-refractivity contribution in [3.05, 3.63) is 10.4 Å². The fourth-order valence-electron chi connectivity index (χ4n) is 2.31. The van der Waals surface area contributed by atoms with E-state index < -0.39 is 43.2 Å². The first-order valence-electron chi connectivity index (χ1n) is 8.18. The predicted octanol–water partition coefficient (Wildman–Crippen LogP) is -1.71. The Morgan fingerprint density at radius 3 is 2.46 bits per heavy atom. The molecule has 5 atom stereocenters. The van der Waals surface area contributed by atoms with Crippen LogP contribution in [0, 0.1) is 0 Å². The van der Waals surface area contributed by atoms with Crippen LogP contribution in [0.4, 0.5) is 0 Å². The first kappa shape index (κ1) is 22.5. The van der Waals surface area contributed by atoms with Gasteiger partial charge in [0.15, 0.2) is 6.29 Å². The molecule has 0 aromatic heterocycles. The van der Waals surface area contributed by atoms with Gasteiger partial charge >= 0.3 is 0 Å². The minimum atomic E-state index is -1.35. The van der Waals surface area contributed by atoms with Gasteiger partial charge < -0.3 is 39.6 Å². The molecule has 0 bridgehead atoms. The molecular weight excluding hydrogens is 352 g/mol. The highest BCUT2D eigenvalue weighted by Gasteiger charge is 2.45. The summed E-state index contributed by atoms with van der Waals surface area (Å²) in [7, 11) is 0. The van der Waals surface area contributed by atoms with Crippen molar-refractivity contribution < 1.29 is 39.1 Å². The Labute approximate surface area is 150 Å². The van der Waals surface area contributed by atoms with Gasteiger partial charge in [0.05, 0.1) is 39.6 Å². The molecule has 1 heterocycles. The van der Waals surface area contributed by atoms with Crippen molar-refractivity contribution in [1.29, 1.82) is 0 Å². The summed E-state index contributed by atoms with van der Waals surface area (Å²) in [5, 5.41) is 35.0. The van der Waals surface area contributed by atoms with Crippen molar-refractivity contribution in [3.8, 4) is 0 Å². The quantitative estimate of drug-likeness (QED) is 0.134. The van der Waals surface area contributed by atoms with Crippen LogP contribution in [-0.2, 0) is 23.7 Å². The van der Waals surface area contributed by atoms with Gasteiger partial charge in [-0.05, 0) is 5.53 Å². The molecule has 12 nitrogen and oxygen atoms in total. The van der Waals surface area contributed by atoms with Gasteiger partial charge in [0.25, 0.3) is 0 Å². The first-order valence-corrected chi connectivity index (χ1v) is 8.18. The van der Waals surface area contributed by atoms with E-state index in [1.807, 2.05) is 0 Å². The molecule has 4 N–H and O–H groups in total. The Morgan fingerprint density at radius 1 is 1.19 bits per heavy atom. The summed E-state index contributed by atoms with van der Waals surface area (Å²) in [4.78, 5) is 13.9. The molecule has 0 unspecified atom stereocenters. The number of nitrogens with one attached hydrogen (secondary N) is 1. The average Bonchev–Trinajstić information content (AvgIpc) is 2.62. The fourth-order valence-corrected chi connectivity index (χ4v) is 2.31. The number of aliphatic hydroxyl groups excluding tert-OH is 3. The van der Waals surface area contributed by atoms with Crippen LogP contribution in [0.15, 0.2) is 5.11 Å². The summed E-state index contributed by atoms with van der Waals surface area (Å²) in [6.07, 6.45) is -4.76. The van der Waals surface area contributed by atoms with E-state index in [-0.39, 0.29) is 19.8 Å². The SMILES string of the molecule is CC(=O)N[C@H]1[C@H](OCCOCCOCCN=[N+]=[N-])O[C@H](CO)[C@@H](O)[C@@H]1O. The Balaban J connectivity index is 2.30. The highest BCUT2D eigenvalue weighted by molar-refractivity contribution is 5.73. The van der Waals surface area contributed by atoms with Crippen molar-refractivity contribution in [3.63, 3.8) is 0 Å².